The SMILES string of the molecule is COc1c(C2=C(C(c3ccccc3)c3ccccc3)C=C(C)C2)cccc1[SiH](C)C. The fraction of sp³-hybridized carbons (Fsp3) is 0.214. The van der Waals surface area contributed by atoms with Crippen molar-refractivity contribution in [2.75, 3.05) is 7.11 Å². The smallest absolute Gasteiger partial charge is 0.125 e. The maximum Gasteiger partial charge on any atom is 0.125 e. The molecule has 0 amide bonds. The predicted octanol–water partition coefficient (Wildman–Crippen LogP) is 6.32. The molecule has 0 N–H and O–H groups in total. The van der Waals surface area contributed by atoms with Crippen molar-refractivity contribution in [2.45, 2.75) is 32.4 Å². The highest BCUT2D eigenvalue weighted by Crippen LogP contribution is 2.45. The summed E-state index contributed by atoms with van der Waals surface area (Å²) in [4.78, 5) is 0. The van der Waals surface area contributed by atoms with Gasteiger partial charge in [0.25, 0.3) is 0 Å². The molecular formula is C28H30OSi. The molecule has 0 atom stereocenters. The highest BCUT2D eigenvalue weighted by molar-refractivity contribution is 6.71. The number of ether oxygens (including phenoxy) is 1. The van der Waals surface area contributed by atoms with Crippen molar-refractivity contribution in [1.29, 1.82) is 0 Å². The molecule has 0 radical (unpaired) electrons. The average molecular weight is 411 g/mol. The quantitative estimate of drug-likeness (QED) is 0.432. The topological polar surface area (TPSA) is 9.23 Å². The maximum absolute atomic E-state index is 6.00. The van der Waals surface area contributed by atoms with Crippen LogP contribution >= 0.6 is 0 Å². The minimum Gasteiger partial charge on any atom is -0.496 e. The summed E-state index contributed by atoms with van der Waals surface area (Å²) in [7, 11) is 0.819. The normalized spacial score (nSPS) is 13.9. The van der Waals surface area contributed by atoms with E-state index in [1.54, 1.807) is 0 Å². The van der Waals surface area contributed by atoms with Gasteiger partial charge in [-0.15, -0.1) is 0 Å². The first-order chi connectivity index (χ1) is 14.6. The van der Waals surface area contributed by atoms with Crippen molar-refractivity contribution in [1.82, 2.24) is 0 Å². The van der Waals surface area contributed by atoms with E-state index in [0.717, 1.165) is 12.2 Å². The zero-order chi connectivity index (χ0) is 21.1. The summed E-state index contributed by atoms with van der Waals surface area (Å²) in [6, 6.07) is 28.4. The van der Waals surface area contributed by atoms with Crippen LogP contribution in [0.4, 0.5) is 0 Å². The molecule has 0 aromatic heterocycles. The van der Waals surface area contributed by atoms with E-state index >= 15 is 0 Å². The van der Waals surface area contributed by atoms with Gasteiger partial charge in [-0.3, -0.25) is 0 Å². The highest BCUT2D eigenvalue weighted by Gasteiger charge is 2.27. The van der Waals surface area contributed by atoms with Crippen LogP contribution in [0.25, 0.3) is 5.57 Å². The van der Waals surface area contributed by atoms with Crippen LogP contribution in [0, 0.1) is 0 Å². The lowest BCUT2D eigenvalue weighted by Gasteiger charge is -2.23. The lowest BCUT2D eigenvalue weighted by atomic mass is 9.82. The Hall–Kier alpha value is -2.84. The van der Waals surface area contributed by atoms with Crippen molar-refractivity contribution < 1.29 is 4.74 Å². The molecule has 0 fully saturated rings. The van der Waals surface area contributed by atoms with Crippen molar-refractivity contribution >= 4 is 19.6 Å². The molecule has 0 saturated heterocycles. The zero-order valence-corrected chi connectivity index (χ0v) is 19.5. The third-order valence-corrected chi connectivity index (χ3v) is 7.68. The minimum atomic E-state index is -1.00. The molecule has 0 unspecified atom stereocenters. The van der Waals surface area contributed by atoms with Crippen molar-refractivity contribution in [3.63, 3.8) is 0 Å². The van der Waals surface area contributed by atoms with Gasteiger partial charge < -0.3 is 4.74 Å². The van der Waals surface area contributed by atoms with E-state index < -0.39 is 8.80 Å². The minimum absolute atomic E-state index is 0.213. The highest BCUT2D eigenvalue weighted by atomic mass is 28.3. The molecule has 4 rings (SSSR count). The van der Waals surface area contributed by atoms with E-state index in [4.69, 9.17) is 4.74 Å². The molecular weight excluding hydrogens is 380 g/mol. The van der Waals surface area contributed by atoms with E-state index in [1.165, 1.54) is 38.6 Å². The first-order valence-corrected chi connectivity index (χ1v) is 13.7. The van der Waals surface area contributed by atoms with Crippen LogP contribution in [-0.4, -0.2) is 15.9 Å². The molecule has 0 saturated carbocycles. The number of benzene rings is 3. The molecule has 30 heavy (non-hydrogen) atoms. The van der Waals surface area contributed by atoms with Crippen LogP contribution in [-0.2, 0) is 0 Å². The van der Waals surface area contributed by atoms with Gasteiger partial charge in [-0.25, -0.2) is 0 Å². The van der Waals surface area contributed by atoms with E-state index in [1.807, 2.05) is 7.11 Å². The molecule has 3 aromatic rings. The van der Waals surface area contributed by atoms with Crippen LogP contribution in [0.1, 0.15) is 36.0 Å². The number of hydrogen-bond donors (Lipinski definition) is 0. The Balaban J connectivity index is 1.95. The van der Waals surface area contributed by atoms with Gasteiger partial charge in [0.05, 0.1) is 15.9 Å². The Labute approximate surface area is 182 Å². The Morgan fingerprint density at radius 2 is 1.40 bits per heavy atom. The summed E-state index contributed by atoms with van der Waals surface area (Å²) in [6.07, 6.45) is 3.38. The van der Waals surface area contributed by atoms with Crippen LogP contribution in [0.15, 0.2) is 96.1 Å². The van der Waals surface area contributed by atoms with E-state index in [2.05, 4.69) is 105 Å². The van der Waals surface area contributed by atoms with Gasteiger partial charge in [0.2, 0.25) is 0 Å². The second-order valence-corrected chi connectivity index (χ2v) is 11.4. The summed E-state index contributed by atoms with van der Waals surface area (Å²) >= 11 is 0. The summed E-state index contributed by atoms with van der Waals surface area (Å²) in [5.41, 5.74) is 8.12. The molecule has 1 aliphatic carbocycles. The second kappa shape index (κ2) is 8.89. The summed E-state index contributed by atoms with van der Waals surface area (Å²) in [6.45, 7) is 6.98. The zero-order valence-electron chi connectivity index (χ0n) is 18.4. The maximum atomic E-state index is 6.00. The van der Waals surface area contributed by atoms with Crippen molar-refractivity contribution in [3.05, 3.63) is 113 Å². The number of para-hydroxylation sites is 1. The number of methoxy groups -OCH3 is 1. The second-order valence-electron chi connectivity index (χ2n) is 8.44. The summed E-state index contributed by atoms with van der Waals surface area (Å²) in [5, 5.41) is 1.40. The van der Waals surface area contributed by atoms with Gasteiger partial charge in [0.15, 0.2) is 0 Å². The van der Waals surface area contributed by atoms with Gasteiger partial charge in [0.1, 0.15) is 5.75 Å². The Morgan fingerprint density at radius 1 is 0.800 bits per heavy atom. The molecule has 2 heteroatoms. The van der Waals surface area contributed by atoms with Crippen LogP contribution in [0.3, 0.4) is 0 Å². The molecule has 3 aromatic carbocycles. The third-order valence-electron chi connectivity index (χ3n) is 5.98. The molecule has 1 aliphatic rings. The van der Waals surface area contributed by atoms with Crippen LogP contribution in [0.5, 0.6) is 5.75 Å². The van der Waals surface area contributed by atoms with Gasteiger partial charge in [0, 0.05) is 11.5 Å². The average Bonchev–Trinajstić information content (AvgIpc) is 3.15. The van der Waals surface area contributed by atoms with E-state index in [9.17, 15) is 0 Å². The van der Waals surface area contributed by atoms with Crippen molar-refractivity contribution in [3.8, 4) is 5.75 Å². The molecule has 0 spiro atoms. The van der Waals surface area contributed by atoms with E-state index in [-0.39, 0.29) is 5.92 Å². The van der Waals surface area contributed by atoms with Crippen molar-refractivity contribution in [2.24, 2.45) is 0 Å². The van der Waals surface area contributed by atoms with Crippen LogP contribution < -0.4 is 9.92 Å². The number of allylic oxidation sites excluding steroid dienone is 4. The standard InChI is InChI=1S/C28H30OSi/c1-20-18-24(23-16-11-17-26(30(3)4)28(23)29-2)25(19-20)27(21-12-7-5-8-13-21)22-14-9-6-10-15-22/h5-17,19,27,30H,18H2,1-4H3. The van der Waals surface area contributed by atoms with Gasteiger partial charge in [-0.2, -0.15) is 0 Å². The summed E-state index contributed by atoms with van der Waals surface area (Å²) in [5.74, 6) is 1.29. The fourth-order valence-corrected chi connectivity index (χ4v) is 5.90. The van der Waals surface area contributed by atoms with Crippen LogP contribution in [0.2, 0.25) is 13.1 Å². The fourth-order valence-electron chi connectivity index (χ4n) is 4.61. The first-order valence-electron chi connectivity index (χ1n) is 10.8. The third kappa shape index (κ3) is 3.93. The molecule has 0 heterocycles. The lowest BCUT2D eigenvalue weighted by Crippen LogP contribution is -2.25. The first kappa shape index (κ1) is 20.4. The predicted molar refractivity (Wildman–Crippen MR) is 132 cm³/mol. The van der Waals surface area contributed by atoms with Gasteiger partial charge >= 0.3 is 0 Å². The Morgan fingerprint density at radius 3 is 1.93 bits per heavy atom. The monoisotopic (exact) mass is 410 g/mol. The largest absolute Gasteiger partial charge is 0.496 e. The molecule has 0 bridgehead atoms. The number of hydrogen-bond acceptors (Lipinski definition) is 1. The molecule has 0 aliphatic heterocycles. The molecule has 1 nitrogen and oxygen atoms in total. The Bertz CT molecular complexity index is 1040. The van der Waals surface area contributed by atoms with Gasteiger partial charge in [-0.1, -0.05) is 104 Å². The van der Waals surface area contributed by atoms with E-state index in [0.29, 0.717) is 0 Å². The summed E-state index contributed by atoms with van der Waals surface area (Å²) < 4.78 is 6.00. The van der Waals surface area contributed by atoms with Gasteiger partial charge in [-0.05, 0) is 40.8 Å². The molecule has 152 valence electrons. The Kier molecular flexibility index (Phi) is 6.05. The lowest BCUT2D eigenvalue weighted by molar-refractivity contribution is 0.416. The number of rotatable bonds is 6.